The fourth-order valence-electron chi connectivity index (χ4n) is 2.84. The minimum atomic E-state index is -0.772. The smallest absolute Gasteiger partial charge is 0.242 e. The van der Waals surface area contributed by atoms with E-state index in [1.54, 1.807) is 25.1 Å². The lowest BCUT2D eigenvalue weighted by atomic mass is 10.1. The molecule has 156 valence electrons. The molecule has 29 heavy (non-hydrogen) atoms. The average Bonchev–Trinajstić information content (AvgIpc) is 2.61. The Hall–Kier alpha value is -2.11. The number of hydrogen-bond acceptors (Lipinski definition) is 2. The van der Waals surface area contributed by atoms with Crippen LogP contribution < -0.4 is 5.32 Å². The first kappa shape index (κ1) is 23.2. The molecule has 2 rings (SSSR count). The van der Waals surface area contributed by atoms with Gasteiger partial charge >= 0.3 is 0 Å². The van der Waals surface area contributed by atoms with Crippen molar-refractivity contribution in [2.24, 2.45) is 0 Å². The summed E-state index contributed by atoms with van der Waals surface area (Å²) in [6.45, 7) is 7.39. The number of amides is 2. The molecule has 0 spiro atoms. The number of carbonyl (C=O) groups excluding carboxylic acids is 2. The summed E-state index contributed by atoms with van der Waals surface area (Å²) in [4.78, 5) is 27.2. The molecule has 2 aromatic carbocycles. The molecule has 0 aliphatic rings. The Bertz CT molecular complexity index is 876. The van der Waals surface area contributed by atoms with Crippen LogP contribution in [0.2, 0.25) is 10.0 Å². The summed E-state index contributed by atoms with van der Waals surface area (Å²) in [6.07, 6.45) is -0.251. The number of rotatable bonds is 6. The summed E-state index contributed by atoms with van der Waals surface area (Å²) < 4.78 is 14.2. The van der Waals surface area contributed by atoms with E-state index in [1.807, 2.05) is 26.8 Å². The molecular weight excluding hydrogens is 414 g/mol. The second-order valence-electron chi connectivity index (χ2n) is 7.94. The molecule has 4 nitrogen and oxygen atoms in total. The highest BCUT2D eigenvalue weighted by Gasteiger charge is 2.29. The molecular formula is C22H25Cl2FN2O2. The monoisotopic (exact) mass is 438 g/mol. The number of hydrogen-bond donors (Lipinski definition) is 1. The highest BCUT2D eigenvalue weighted by Crippen LogP contribution is 2.22. The molecule has 1 N–H and O–H groups in total. The standard InChI is InChI=1S/C22H25Cl2FN2O2/c1-14(21(29)26-22(2,3)4)27(13-15-7-5-8-16(23)11-15)20(28)12-17-18(24)9-6-10-19(17)25/h5-11,14H,12-13H2,1-4H3,(H,26,29). The molecule has 0 bridgehead atoms. The molecule has 0 aliphatic carbocycles. The van der Waals surface area contributed by atoms with Crippen LogP contribution in [0.4, 0.5) is 4.39 Å². The van der Waals surface area contributed by atoms with Crippen LogP contribution in [0.15, 0.2) is 42.5 Å². The number of nitrogens with zero attached hydrogens (tertiary/aromatic N) is 1. The molecule has 1 unspecified atom stereocenters. The first-order chi connectivity index (χ1) is 13.5. The molecule has 0 radical (unpaired) electrons. The molecule has 0 saturated heterocycles. The van der Waals surface area contributed by atoms with Crippen molar-refractivity contribution >= 4 is 35.0 Å². The summed E-state index contributed by atoms with van der Waals surface area (Å²) >= 11 is 12.1. The second-order valence-corrected chi connectivity index (χ2v) is 8.79. The lowest BCUT2D eigenvalue weighted by molar-refractivity contribution is -0.140. The van der Waals surface area contributed by atoms with Gasteiger partial charge in [0.2, 0.25) is 11.8 Å². The summed E-state index contributed by atoms with van der Waals surface area (Å²) in [6, 6.07) is 10.5. The van der Waals surface area contributed by atoms with Crippen molar-refractivity contribution in [1.29, 1.82) is 0 Å². The number of benzene rings is 2. The van der Waals surface area contributed by atoms with Crippen LogP contribution in [0.25, 0.3) is 0 Å². The van der Waals surface area contributed by atoms with Gasteiger partial charge in [-0.25, -0.2) is 4.39 Å². The molecule has 2 aromatic rings. The third kappa shape index (κ3) is 6.72. The predicted octanol–water partition coefficient (Wildman–Crippen LogP) is 5.01. The van der Waals surface area contributed by atoms with Crippen molar-refractivity contribution in [1.82, 2.24) is 10.2 Å². The first-order valence-electron chi connectivity index (χ1n) is 9.27. The minimum absolute atomic E-state index is 0.110. The van der Waals surface area contributed by atoms with Gasteiger partial charge in [0.25, 0.3) is 0 Å². The van der Waals surface area contributed by atoms with Gasteiger partial charge < -0.3 is 10.2 Å². The lowest BCUT2D eigenvalue weighted by Gasteiger charge is -2.31. The second kappa shape index (κ2) is 9.59. The van der Waals surface area contributed by atoms with Crippen molar-refractivity contribution in [2.45, 2.75) is 52.2 Å². The molecule has 0 fully saturated rings. The van der Waals surface area contributed by atoms with E-state index >= 15 is 0 Å². The Morgan fingerprint density at radius 1 is 1.14 bits per heavy atom. The molecule has 7 heteroatoms. The van der Waals surface area contributed by atoms with Gasteiger partial charge in [-0.2, -0.15) is 0 Å². The maximum atomic E-state index is 14.2. The Balaban J connectivity index is 2.32. The fraction of sp³-hybridized carbons (Fsp3) is 0.364. The van der Waals surface area contributed by atoms with E-state index in [2.05, 4.69) is 5.32 Å². The van der Waals surface area contributed by atoms with Crippen molar-refractivity contribution in [3.05, 3.63) is 69.5 Å². The zero-order chi connectivity index (χ0) is 21.8. The van der Waals surface area contributed by atoms with Crippen molar-refractivity contribution in [3.63, 3.8) is 0 Å². The summed E-state index contributed by atoms with van der Waals surface area (Å²) in [5, 5.41) is 3.58. The van der Waals surface area contributed by atoms with Gasteiger partial charge in [0.1, 0.15) is 11.9 Å². The van der Waals surface area contributed by atoms with Gasteiger partial charge in [0.15, 0.2) is 0 Å². The Morgan fingerprint density at radius 3 is 2.38 bits per heavy atom. The Morgan fingerprint density at radius 2 is 1.79 bits per heavy atom. The van der Waals surface area contributed by atoms with Crippen LogP contribution in [0.3, 0.4) is 0 Å². The van der Waals surface area contributed by atoms with Crippen LogP contribution in [-0.4, -0.2) is 28.3 Å². The van der Waals surface area contributed by atoms with Crippen molar-refractivity contribution < 1.29 is 14.0 Å². The molecule has 0 heterocycles. The number of carbonyl (C=O) groups is 2. The quantitative estimate of drug-likeness (QED) is 0.688. The van der Waals surface area contributed by atoms with Crippen molar-refractivity contribution in [3.8, 4) is 0 Å². The minimum Gasteiger partial charge on any atom is -0.350 e. The third-order valence-electron chi connectivity index (χ3n) is 4.30. The fourth-order valence-corrected chi connectivity index (χ4v) is 3.29. The number of halogens is 3. The maximum absolute atomic E-state index is 14.2. The Labute approximate surface area is 181 Å². The average molecular weight is 439 g/mol. The van der Waals surface area contributed by atoms with E-state index in [0.717, 1.165) is 5.56 Å². The molecule has 0 aromatic heterocycles. The summed E-state index contributed by atoms with van der Waals surface area (Å²) in [7, 11) is 0. The van der Waals surface area contributed by atoms with E-state index in [-0.39, 0.29) is 29.5 Å². The van der Waals surface area contributed by atoms with Crippen LogP contribution >= 0.6 is 23.2 Å². The highest BCUT2D eigenvalue weighted by atomic mass is 35.5. The first-order valence-corrected chi connectivity index (χ1v) is 10.0. The van der Waals surface area contributed by atoms with E-state index < -0.39 is 23.3 Å². The van der Waals surface area contributed by atoms with Gasteiger partial charge in [0, 0.05) is 27.7 Å². The molecule has 2 amide bonds. The van der Waals surface area contributed by atoms with Crippen LogP contribution in [0.1, 0.15) is 38.8 Å². The molecule has 0 saturated carbocycles. The van der Waals surface area contributed by atoms with E-state index in [0.29, 0.717) is 5.02 Å². The van der Waals surface area contributed by atoms with Crippen molar-refractivity contribution in [2.75, 3.05) is 0 Å². The highest BCUT2D eigenvalue weighted by molar-refractivity contribution is 6.31. The Kier molecular flexibility index (Phi) is 7.66. The van der Waals surface area contributed by atoms with E-state index in [9.17, 15) is 14.0 Å². The molecule has 0 aliphatic heterocycles. The van der Waals surface area contributed by atoms with Gasteiger partial charge in [-0.15, -0.1) is 0 Å². The predicted molar refractivity (Wildman–Crippen MR) is 114 cm³/mol. The number of nitrogens with one attached hydrogen (secondary N) is 1. The van der Waals surface area contributed by atoms with Crippen LogP contribution in [0.5, 0.6) is 0 Å². The van der Waals surface area contributed by atoms with E-state index in [4.69, 9.17) is 23.2 Å². The van der Waals surface area contributed by atoms with Crippen LogP contribution in [-0.2, 0) is 22.6 Å². The van der Waals surface area contributed by atoms with Gasteiger partial charge in [-0.05, 0) is 57.5 Å². The lowest BCUT2D eigenvalue weighted by Crippen LogP contribution is -2.52. The zero-order valence-corrected chi connectivity index (χ0v) is 18.4. The molecule has 1 atom stereocenters. The zero-order valence-electron chi connectivity index (χ0n) is 16.9. The summed E-state index contributed by atoms with van der Waals surface area (Å²) in [5.74, 6) is -1.26. The topological polar surface area (TPSA) is 49.4 Å². The van der Waals surface area contributed by atoms with E-state index in [1.165, 1.54) is 23.1 Å². The largest absolute Gasteiger partial charge is 0.350 e. The van der Waals surface area contributed by atoms with Gasteiger partial charge in [-0.3, -0.25) is 9.59 Å². The van der Waals surface area contributed by atoms with Crippen LogP contribution in [0, 0.1) is 5.82 Å². The van der Waals surface area contributed by atoms with Gasteiger partial charge in [0.05, 0.1) is 6.42 Å². The summed E-state index contributed by atoms with van der Waals surface area (Å²) in [5.41, 5.74) is 0.421. The SMILES string of the molecule is CC(C(=O)NC(C)(C)C)N(Cc1cccc(Cl)c1)C(=O)Cc1c(F)cccc1Cl. The van der Waals surface area contributed by atoms with Gasteiger partial charge in [-0.1, -0.05) is 41.4 Å². The normalized spacial score (nSPS) is 12.4. The maximum Gasteiger partial charge on any atom is 0.242 e. The third-order valence-corrected chi connectivity index (χ3v) is 4.89.